The van der Waals surface area contributed by atoms with Crippen molar-refractivity contribution >= 4 is 7.12 Å². The summed E-state index contributed by atoms with van der Waals surface area (Å²) >= 11 is 0. The van der Waals surface area contributed by atoms with Crippen LogP contribution in [0.25, 0.3) is 0 Å². The largest absolute Gasteiger partial charge is 0.461 e. The molecule has 2 rings (SSSR count). The van der Waals surface area contributed by atoms with Gasteiger partial charge in [0, 0.05) is 4.11 Å². The number of rotatable bonds is 1. The van der Waals surface area contributed by atoms with Crippen LogP contribution in [0.3, 0.4) is 0 Å². The molecule has 1 aliphatic carbocycles. The molecule has 1 aliphatic heterocycles. The lowest BCUT2D eigenvalue weighted by Crippen LogP contribution is -2.41. The maximum Gasteiger partial charge on any atom is 0.461 e. The molecule has 2 fully saturated rings. The van der Waals surface area contributed by atoms with Crippen molar-refractivity contribution in [1.82, 2.24) is 0 Å². The van der Waals surface area contributed by atoms with E-state index in [1.54, 1.807) is 0 Å². The zero-order valence-electron chi connectivity index (χ0n) is 11.1. The molecule has 0 aromatic carbocycles. The van der Waals surface area contributed by atoms with Gasteiger partial charge in [0.15, 0.2) is 0 Å². The monoisotopic (exact) mass is 171 g/mol. The van der Waals surface area contributed by atoms with E-state index in [1.165, 1.54) is 0 Å². The van der Waals surface area contributed by atoms with Crippen molar-refractivity contribution in [2.45, 2.75) is 57.5 Å². The summed E-state index contributed by atoms with van der Waals surface area (Å²) in [6, 6.07) is 0. The number of hydrogen-bond acceptors (Lipinski definition) is 2. The molecule has 2 nitrogen and oxygen atoms in total. The molecule has 1 atom stereocenters. The predicted octanol–water partition coefficient (Wildman–Crippen LogP) is 2.24. The molecule has 12 heavy (non-hydrogen) atoms. The van der Waals surface area contributed by atoms with Crippen molar-refractivity contribution in [2.24, 2.45) is 0 Å². The van der Waals surface area contributed by atoms with Gasteiger partial charge >= 0.3 is 7.12 Å². The summed E-state index contributed by atoms with van der Waals surface area (Å²) in [7, 11) is -0.752. The second-order valence-corrected chi connectivity index (χ2v) is 4.47. The lowest BCUT2D eigenvalue weighted by Gasteiger charge is -2.32. The molecule has 0 aromatic heterocycles. The molecule has 1 saturated heterocycles. The van der Waals surface area contributed by atoms with Crippen molar-refractivity contribution < 1.29 is 13.4 Å². The molecule has 1 saturated carbocycles. The Morgan fingerprint density at radius 3 is 2.08 bits per heavy atom. The van der Waals surface area contributed by atoms with E-state index in [0.29, 0.717) is 0 Å². The fourth-order valence-corrected chi connectivity index (χ4v) is 1.20. The molecule has 0 radical (unpaired) electrons. The van der Waals surface area contributed by atoms with E-state index < -0.39 is 30.5 Å². The van der Waals surface area contributed by atoms with E-state index in [9.17, 15) is 0 Å². The fraction of sp³-hybridized carbons (Fsp3) is 1.00. The number of hydrogen-bond donors (Lipinski definition) is 0. The standard InChI is InChI=1S/C9H17BO2/c1-8(2)9(3,4)12-10(11-8)7-5-6-7/h7H,5-6H2,1-4H3/i5D2,7D. The predicted molar refractivity (Wildman–Crippen MR) is 49.1 cm³/mol. The zero-order chi connectivity index (χ0) is 11.7. The van der Waals surface area contributed by atoms with Crippen molar-refractivity contribution in [1.29, 1.82) is 0 Å². The first-order valence-corrected chi connectivity index (χ1v) is 4.38. The minimum absolute atomic E-state index is 0.191. The quantitative estimate of drug-likeness (QED) is 0.563. The lowest BCUT2D eigenvalue weighted by atomic mass is 9.82. The highest BCUT2D eigenvalue weighted by atomic mass is 16.7. The highest BCUT2D eigenvalue weighted by Gasteiger charge is 2.55. The molecule has 0 bridgehead atoms. The Kier molecular flexibility index (Phi) is 1.07. The zero-order valence-corrected chi connectivity index (χ0v) is 8.10. The van der Waals surface area contributed by atoms with Crippen LogP contribution in [0.15, 0.2) is 0 Å². The molecule has 0 amide bonds. The third-order valence-corrected chi connectivity index (χ3v) is 2.92. The maximum absolute atomic E-state index is 7.97. The van der Waals surface area contributed by atoms with Gasteiger partial charge in [0.2, 0.25) is 0 Å². The summed E-state index contributed by atoms with van der Waals surface area (Å²) < 4.78 is 34.4. The summed E-state index contributed by atoms with van der Waals surface area (Å²) in [5.41, 5.74) is -0.964. The minimum Gasteiger partial charge on any atom is -0.403 e. The van der Waals surface area contributed by atoms with Crippen molar-refractivity contribution in [3.8, 4) is 0 Å². The Balaban J connectivity index is 2.18. The summed E-state index contributed by atoms with van der Waals surface area (Å²) in [6.45, 7) is 7.64. The van der Waals surface area contributed by atoms with Crippen LogP contribution >= 0.6 is 0 Å². The Morgan fingerprint density at radius 2 is 1.75 bits per heavy atom. The van der Waals surface area contributed by atoms with Gasteiger partial charge in [0.1, 0.15) is 0 Å². The Labute approximate surface area is 79.0 Å². The average Bonchev–Trinajstić information content (AvgIpc) is 2.39. The van der Waals surface area contributed by atoms with Gasteiger partial charge < -0.3 is 9.31 Å². The minimum atomic E-state index is -1.48. The average molecular weight is 171 g/mol. The highest BCUT2D eigenvalue weighted by molar-refractivity contribution is 6.48. The normalized spacial score (nSPS) is 51.0. The van der Waals surface area contributed by atoms with E-state index in [2.05, 4.69) is 0 Å². The first kappa shape index (κ1) is 5.66. The van der Waals surface area contributed by atoms with Crippen molar-refractivity contribution in [3.63, 3.8) is 0 Å². The third kappa shape index (κ3) is 1.19. The van der Waals surface area contributed by atoms with Crippen LogP contribution in [0.5, 0.6) is 0 Å². The van der Waals surface area contributed by atoms with Gasteiger partial charge in [-0.1, -0.05) is 12.8 Å². The summed E-state index contributed by atoms with van der Waals surface area (Å²) in [5.74, 6) is -1.22. The fourth-order valence-electron chi connectivity index (χ4n) is 1.20. The van der Waals surface area contributed by atoms with E-state index >= 15 is 0 Å². The molecule has 3 heteroatoms. The van der Waals surface area contributed by atoms with Crippen LogP contribution in [0.2, 0.25) is 5.79 Å². The Hall–Kier alpha value is -0.0151. The Bertz CT molecular complexity index is 290. The van der Waals surface area contributed by atoms with Crippen LogP contribution < -0.4 is 0 Å². The van der Waals surface area contributed by atoms with Gasteiger partial charge in [-0.2, -0.15) is 0 Å². The molecule has 1 unspecified atom stereocenters. The summed E-state index contributed by atoms with van der Waals surface area (Å²) in [6.07, 6.45) is -1.29. The van der Waals surface area contributed by atoms with Crippen LogP contribution in [-0.2, 0) is 9.31 Å². The van der Waals surface area contributed by atoms with Gasteiger partial charge in [0.05, 0.1) is 11.2 Å². The molecule has 2 aliphatic rings. The van der Waals surface area contributed by atoms with E-state index in [4.69, 9.17) is 13.4 Å². The summed E-state index contributed by atoms with van der Waals surface area (Å²) in [5, 5.41) is 0. The molecule has 1 heterocycles. The topological polar surface area (TPSA) is 18.5 Å². The van der Waals surface area contributed by atoms with Crippen LogP contribution in [0.1, 0.15) is 44.6 Å². The van der Waals surface area contributed by atoms with Crippen LogP contribution in [0, 0.1) is 0 Å². The van der Waals surface area contributed by atoms with Gasteiger partial charge in [-0.05, 0) is 33.5 Å². The summed E-state index contributed by atoms with van der Waals surface area (Å²) in [4.78, 5) is 0. The molecule has 0 N–H and O–H groups in total. The molecule has 0 aromatic rings. The molecule has 68 valence electrons. The van der Waals surface area contributed by atoms with Crippen molar-refractivity contribution in [3.05, 3.63) is 0 Å². The molecule has 0 spiro atoms. The van der Waals surface area contributed by atoms with Crippen LogP contribution in [-0.4, -0.2) is 18.3 Å². The first-order valence-electron chi connectivity index (χ1n) is 5.88. The molecular weight excluding hydrogens is 151 g/mol. The van der Waals surface area contributed by atoms with Gasteiger partial charge in [-0.25, -0.2) is 0 Å². The van der Waals surface area contributed by atoms with Crippen molar-refractivity contribution in [2.75, 3.05) is 0 Å². The van der Waals surface area contributed by atoms with Gasteiger partial charge in [-0.15, -0.1) is 0 Å². The SMILES string of the molecule is [2H]C1([2H])CC1([2H])B1OC(C)(C)C(C)(C)O1. The van der Waals surface area contributed by atoms with E-state index in [1.807, 2.05) is 27.7 Å². The Morgan fingerprint density at radius 1 is 1.33 bits per heavy atom. The highest BCUT2D eigenvalue weighted by Crippen LogP contribution is 2.48. The first-order chi connectivity index (χ1) is 6.52. The molecular formula is C9H17BO2. The van der Waals surface area contributed by atoms with Gasteiger partial charge in [0.25, 0.3) is 0 Å². The van der Waals surface area contributed by atoms with Gasteiger partial charge in [-0.3, -0.25) is 0 Å². The lowest BCUT2D eigenvalue weighted by molar-refractivity contribution is 0.00578. The second kappa shape index (κ2) is 2.27. The van der Waals surface area contributed by atoms with E-state index in [-0.39, 0.29) is 6.42 Å². The smallest absolute Gasteiger partial charge is 0.403 e. The van der Waals surface area contributed by atoms with E-state index in [0.717, 1.165) is 0 Å². The maximum atomic E-state index is 7.97. The third-order valence-electron chi connectivity index (χ3n) is 2.92. The van der Waals surface area contributed by atoms with Crippen LogP contribution in [0.4, 0.5) is 0 Å². The second-order valence-electron chi connectivity index (χ2n) is 4.47.